The van der Waals surface area contributed by atoms with Gasteiger partial charge in [0.05, 0.1) is 4.20 Å². The van der Waals surface area contributed by atoms with Gasteiger partial charge in [0.15, 0.2) is 0 Å². The molecule has 0 spiro atoms. The quantitative estimate of drug-likeness (QED) is 0.546. The lowest BCUT2D eigenvalue weighted by Gasteiger charge is -2.13. The molecule has 0 rings (SSSR count). The molecule has 76 valence electrons. The molecular formula is C7H14N2S4. The van der Waals surface area contributed by atoms with Gasteiger partial charge in [-0.15, -0.1) is 0 Å². The lowest BCUT2D eigenvalue weighted by molar-refractivity contribution is 0.474. The third kappa shape index (κ3) is 7.69. The summed E-state index contributed by atoms with van der Waals surface area (Å²) in [6.07, 6.45) is 0. The molecule has 13 heavy (non-hydrogen) atoms. The van der Waals surface area contributed by atoms with Crippen molar-refractivity contribution >= 4 is 54.5 Å². The van der Waals surface area contributed by atoms with Gasteiger partial charge in [0, 0.05) is 20.6 Å². The number of nitrogens with zero attached hydrogens (tertiary/aromatic N) is 2. The lowest BCUT2D eigenvalue weighted by Crippen LogP contribution is -2.19. The van der Waals surface area contributed by atoms with E-state index in [0.717, 1.165) is 15.1 Å². The van der Waals surface area contributed by atoms with Crippen molar-refractivity contribution < 1.29 is 0 Å². The Labute approximate surface area is 98.8 Å². The summed E-state index contributed by atoms with van der Waals surface area (Å²) in [5, 5.41) is 0. The Hall–Kier alpha value is 0.640. The topological polar surface area (TPSA) is 6.48 Å². The summed E-state index contributed by atoms with van der Waals surface area (Å²) >= 11 is 10.3. The van der Waals surface area contributed by atoms with Gasteiger partial charge in [-0.2, -0.15) is 0 Å². The number of rotatable bonds is 2. The molecule has 0 aliphatic heterocycles. The molecule has 0 bridgehead atoms. The van der Waals surface area contributed by atoms with E-state index in [1.165, 1.54) is 0 Å². The number of hydrogen-bond donors (Lipinski definition) is 0. The first-order chi connectivity index (χ1) is 5.93. The summed E-state index contributed by atoms with van der Waals surface area (Å²) < 4.78 is 1.81. The molecule has 0 saturated heterocycles. The van der Waals surface area contributed by atoms with Crippen LogP contribution >= 0.6 is 46.0 Å². The molecule has 0 fully saturated rings. The molecule has 0 aliphatic carbocycles. The van der Waals surface area contributed by atoms with Gasteiger partial charge < -0.3 is 9.80 Å². The zero-order chi connectivity index (χ0) is 10.4. The predicted octanol–water partition coefficient (Wildman–Crippen LogP) is 2.10. The van der Waals surface area contributed by atoms with Crippen LogP contribution in [0.15, 0.2) is 0 Å². The first-order valence-corrected chi connectivity index (χ1v) is 6.63. The summed E-state index contributed by atoms with van der Waals surface area (Å²) in [6, 6.07) is 0. The highest BCUT2D eigenvalue weighted by Crippen LogP contribution is 2.25. The zero-order valence-corrected chi connectivity index (χ0v) is 11.5. The third-order valence-electron chi connectivity index (χ3n) is 1.02. The molecule has 0 aromatic rings. The standard InChI is InChI=1S/C7H14N2S4/c1-8(2)5-6(10)12-13-7(11)9(3)4/h5H2,1-4H3. The van der Waals surface area contributed by atoms with Gasteiger partial charge in [-0.25, -0.2) is 0 Å². The molecule has 2 nitrogen and oxygen atoms in total. The van der Waals surface area contributed by atoms with Crippen LogP contribution in [-0.4, -0.2) is 53.1 Å². The van der Waals surface area contributed by atoms with Gasteiger partial charge >= 0.3 is 0 Å². The van der Waals surface area contributed by atoms with E-state index in [9.17, 15) is 0 Å². The number of hydrogen-bond acceptors (Lipinski definition) is 5. The maximum atomic E-state index is 5.16. The molecule has 0 atom stereocenters. The molecule has 0 amide bonds. The van der Waals surface area contributed by atoms with Crippen LogP contribution in [0.2, 0.25) is 0 Å². The van der Waals surface area contributed by atoms with E-state index in [0.29, 0.717) is 0 Å². The molecule has 0 aliphatic rings. The molecule has 0 saturated carbocycles. The van der Waals surface area contributed by atoms with Crippen LogP contribution in [0, 0.1) is 0 Å². The van der Waals surface area contributed by atoms with Crippen molar-refractivity contribution in [3.8, 4) is 0 Å². The van der Waals surface area contributed by atoms with Gasteiger partial charge in [-0.05, 0) is 35.7 Å². The summed E-state index contributed by atoms with van der Waals surface area (Å²) in [5.74, 6) is 0. The summed E-state index contributed by atoms with van der Waals surface area (Å²) in [6.45, 7) is 0.822. The van der Waals surface area contributed by atoms with Crippen molar-refractivity contribution in [1.29, 1.82) is 0 Å². The van der Waals surface area contributed by atoms with Gasteiger partial charge in [0.1, 0.15) is 4.32 Å². The van der Waals surface area contributed by atoms with E-state index in [-0.39, 0.29) is 0 Å². The maximum Gasteiger partial charge on any atom is 0.146 e. The average Bonchev–Trinajstić information content (AvgIpc) is 1.98. The lowest BCUT2D eigenvalue weighted by atomic mass is 10.7. The fourth-order valence-electron chi connectivity index (χ4n) is 0.441. The largest absolute Gasteiger partial charge is 0.363 e. The average molecular weight is 254 g/mol. The predicted molar refractivity (Wildman–Crippen MR) is 72.6 cm³/mol. The van der Waals surface area contributed by atoms with E-state index < -0.39 is 0 Å². The normalized spacial score (nSPS) is 10.2. The van der Waals surface area contributed by atoms with Crippen molar-refractivity contribution in [2.24, 2.45) is 0 Å². The highest BCUT2D eigenvalue weighted by atomic mass is 33.1. The second-order valence-electron chi connectivity index (χ2n) is 2.94. The fourth-order valence-corrected chi connectivity index (χ4v) is 3.03. The maximum absolute atomic E-state index is 5.16. The van der Waals surface area contributed by atoms with E-state index in [1.54, 1.807) is 21.6 Å². The Bertz CT molecular complexity index is 191. The van der Waals surface area contributed by atoms with E-state index in [1.807, 2.05) is 33.1 Å². The minimum atomic E-state index is 0.822. The van der Waals surface area contributed by atoms with Crippen LogP contribution in [0.25, 0.3) is 0 Å². The molecule has 6 heteroatoms. The highest BCUT2D eigenvalue weighted by Gasteiger charge is 2.04. The monoisotopic (exact) mass is 254 g/mol. The van der Waals surface area contributed by atoms with E-state index in [4.69, 9.17) is 24.4 Å². The molecule has 0 aromatic carbocycles. The van der Waals surface area contributed by atoms with Crippen molar-refractivity contribution in [1.82, 2.24) is 9.80 Å². The first-order valence-electron chi connectivity index (χ1n) is 3.67. The Morgan fingerprint density at radius 1 is 1.08 bits per heavy atom. The zero-order valence-electron chi connectivity index (χ0n) is 8.23. The molecular weight excluding hydrogens is 240 g/mol. The van der Waals surface area contributed by atoms with Gasteiger partial charge in [0.2, 0.25) is 0 Å². The number of thiocarbonyl (C=S) groups is 2. The Morgan fingerprint density at radius 3 is 2.00 bits per heavy atom. The molecule has 0 heterocycles. The third-order valence-corrected chi connectivity index (χ3v) is 4.88. The van der Waals surface area contributed by atoms with Crippen molar-refractivity contribution in [3.63, 3.8) is 0 Å². The van der Waals surface area contributed by atoms with Gasteiger partial charge in [-0.1, -0.05) is 24.4 Å². The Morgan fingerprint density at radius 2 is 1.62 bits per heavy atom. The van der Waals surface area contributed by atoms with E-state index >= 15 is 0 Å². The van der Waals surface area contributed by atoms with Crippen molar-refractivity contribution in [3.05, 3.63) is 0 Å². The van der Waals surface area contributed by atoms with Crippen LogP contribution in [-0.2, 0) is 0 Å². The second-order valence-corrected chi connectivity index (χ2v) is 6.55. The molecule has 0 radical (unpaired) electrons. The minimum absolute atomic E-state index is 0.822. The van der Waals surface area contributed by atoms with Gasteiger partial charge in [0.25, 0.3) is 0 Å². The Balaban J connectivity index is 3.64. The van der Waals surface area contributed by atoms with Crippen LogP contribution in [0.5, 0.6) is 0 Å². The molecule has 0 N–H and O–H groups in total. The minimum Gasteiger partial charge on any atom is -0.363 e. The fraction of sp³-hybridized carbons (Fsp3) is 0.714. The van der Waals surface area contributed by atoms with Crippen LogP contribution in [0.4, 0.5) is 0 Å². The second kappa shape index (κ2) is 7.00. The summed E-state index contributed by atoms with van der Waals surface area (Å²) in [5.41, 5.74) is 0. The van der Waals surface area contributed by atoms with Gasteiger partial charge in [-0.3, -0.25) is 0 Å². The molecule has 0 aromatic heterocycles. The Kier molecular flexibility index (Phi) is 7.35. The van der Waals surface area contributed by atoms with Crippen LogP contribution in [0.1, 0.15) is 0 Å². The first kappa shape index (κ1) is 13.6. The molecule has 0 unspecified atom stereocenters. The van der Waals surface area contributed by atoms with Crippen molar-refractivity contribution in [2.75, 3.05) is 34.7 Å². The van der Waals surface area contributed by atoms with E-state index in [2.05, 4.69) is 4.90 Å². The van der Waals surface area contributed by atoms with Crippen molar-refractivity contribution in [2.45, 2.75) is 0 Å². The van der Waals surface area contributed by atoms with Crippen LogP contribution in [0.3, 0.4) is 0 Å². The summed E-state index contributed by atoms with van der Waals surface area (Å²) in [4.78, 5) is 3.96. The van der Waals surface area contributed by atoms with Crippen LogP contribution < -0.4 is 0 Å². The SMILES string of the molecule is CN(C)CC(=S)SSC(=S)N(C)C. The highest BCUT2D eigenvalue weighted by molar-refractivity contribution is 8.89. The summed E-state index contributed by atoms with van der Waals surface area (Å²) in [7, 11) is 11.0. The smallest absolute Gasteiger partial charge is 0.146 e.